The third-order valence-corrected chi connectivity index (χ3v) is 2.98. The Hall–Kier alpha value is -2.01. The number of aromatic nitrogens is 1. The monoisotopic (exact) mass is 275 g/mol. The molecule has 0 atom stereocenters. The standard InChI is InChI=1S/C14H14FN3S/c1-18(9-10-5-2-3-8-17-10)12-7-4-6-11(15)13(12)14(16)19/h2-8H,9H2,1H3,(H2,16,19). The van der Waals surface area contributed by atoms with Crippen LogP contribution in [0.2, 0.25) is 0 Å². The zero-order valence-corrected chi connectivity index (χ0v) is 11.3. The maximum absolute atomic E-state index is 13.8. The number of thiocarbonyl (C=S) groups is 1. The lowest BCUT2D eigenvalue weighted by molar-refractivity contribution is 0.624. The molecule has 0 fully saturated rings. The molecule has 0 aliphatic carbocycles. The highest BCUT2D eigenvalue weighted by molar-refractivity contribution is 7.80. The fourth-order valence-electron chi connectivity index (χ4n) is 1.89. The lowest BCUT2D eigenvalue weighted by Crippen LogP contribution is -2.23. The molecule has 3 nitrogen and oxygen atoms in total. The van der Waals surface area contributed by atoms with Crippen molar-refractivity contribution in [1.82, 2.24) is 4.98 Å². The first kappa shape index (κ1) is 13.4. The van der Waals surface area contributed by atoms with Gasteiger partial charge in [-0.15, -0.1) is 0 Å². The summed E-state index contributed by atoms with van der Waals surface area (Å²) in [7, 11) is 1.85. The second-order valence-electron chi connectivity index (χ2n) is 4.18. The lowest BCUT2D eigenvalue weighted by Gasteiger charge is -2.22. The van der Waals surface area contributed by atoms with E-state index >= 15 is 0 Å². The van der Waals surface area contributed by atoms with Crippen LogP contribution in [-0.2, 0) is 6.54 Å². The van der Waals surface area contributed by atoms with Crippen LogP contribution in [0.5, 0.6) is 0 Å². The van der Waals surface area contributed by atoms with Gasteiger partial charge in [-0.3, -0.25) is 4.98 Å². The van der Waals surface area contributed by atoms with E-state index in [0.29, 0.717) is 12.2 Å². The Labute approximate surface area is 116 Å². The summed E-state index contributed by atoms with van der Waals surface area (Å²) in [6, 6.07) is 10.5. The van der Waals surface area contributed by atoms with Gasteiger partial charge in [-0.25, -0.2) is 4.39 Å². The summed E-state index contributed by atoms with van der Waals surface area (Å²) < 4.78 is 13.8. The fourth-order valence-corrected chi connectivity index (χ4v) is 2.10. The molecule has 2 aromatic rings. The Kier molecular flexibility index (Phi) is 4.06. The Balaban J connectivity index is 2.31. The molecule has 0 aliphatic heterocycles. The zero-order valence-electron chi connectivity index (χ0n) is 10.5. The van der Waals surface area contributed by atoms with E-state index in [1.54, 1.807) is 18.3 Å². The molecule has 0 bridgehead atoms. The Morgan fingerprint density at radius 2 is 2.11 bits per heavy atom. The molecule has 0 unspecified atom stereocenters. The molecule has 5 heteroatoms. The van der Waals surface area contributed by atoms with Crippen LogP contribution in [0.4, 0.5) is 10.1 Å². The van der Waals surface area contributed by atoms with E-state index < -0.39 is 5.82 Å². The Morgan fingerprint density at radius 3 is 2.74 bits per heavy atom. The average Bonchev–Trinajstić information content (AvgIpc) is 2.39. The zero-order chi connectivity index (χ0) is 13.8. The number of nitrogens with zero attached hydrogens (tertiary/aromatic N) is 2. The molecule has 19 heavy (non-hydrogen) atoms. The largest absolute Gasteiger partial charge is 0.389 e. The quantitative estimate of drug-likeness (QED) is 0.871. The molecule has 98 valence electrons. The van der Waals surface area contributed by atoms with Gasteiger partial charge < -0.3 is 10.6 Å². The molecule has 0 aliphatic rings. The van der Waals surface area contributed by atoms with Crippen molar-refractivity contribution in [3.8, 4) is 0 Å². The number of nitrogens with two attached hydrogens (primary N) is 1. The van der Waals surface area contributed by atoms with Gasteiger partial charge in [0.2, 0.25) is 0 Å². The van der Waals surface area contributed by atoms with Crippen molar-refractivity contribution in [3.05, 3.63) is 59.7 Å². The highest BCUT2D eigenvalue weighted by Gasteiger charge is 2.14. The van der Waals surface area contributed by atoms with Crippen LogP contribution >= 0.6 is 12.2 Å². The second-order valence-corrected chi connectivity index (χ2v) is 4.62. The van der Waals surface area contributed by atoms with Gasteiger partial charge in [0.1, 0.15) is 10.8 Å². The van der Waals surface area contributed by atoms with Crippen molar-refractivity contribution >= 4 is 22.9 Å². The molecule has 2 N–H and O–H groups in total. The van der Waals surface area contributed by atoms with Crippen LogP contribution in [-0.4, -0.2) is 17.0 Å². The molecule has 1 aromatic heterocycles. The summed E-state index contributed by atoms with van der Waals surface area (Å²) in [5.41, 5.74) is 7.43. The predicted molar refractivity (Wildman–Crippen MR) is 78.6 cm³/mol. The van der Waals surface area contributed by atoms with Gasteiger partial charge in [0.05, 0.1) is 17.8 Å². The summed E-state index contributed by atoms with van der Waals surface area (Å²) in [6.07, 6.45) is 1.73. The molecular weight excluding hydrogens is 261 g/mol. The van der Waals surface area contributed by atoms with Gasteiger partial charge in [0.15, 0.2) is 0 Å². The third kappa shape index (κ3) is 3.06. The minimum Gasteiger partial charge on any atom is -0.389 e. The van der Waals surface area contributed by atoms with E-state index in [0.717, 1.165) is 5.69 Å². The number of hydrogen-bond donors (Lipinski definition) is 1. The van der Waals surface area contributed by atoms with Crippen molar-refractivity contribution in [2.75, 3.05) is 11.9 Å². The first-order chi connectivity index (χ1) is 9.09. The van der Waals surface area contributed by atoms with Crippen molar-refractivity contribution in [2.24, 2.45) is 5.73 Å². The minimum absolute atomic E-state index is 0.0565. The maximum Gasteiger partial charge on any atom is 0.135 e. The summed E-state index contributed by atoms with van der Waals surface area (Å²) in [4.78, 5) is 6.17. The van der Waals surface area contributed by atoms with Crippen LogP contribution < -0.4 is 10.6 Å². The van der Waals surface area contributed by atoms with Crippen molar-refractivity contribution in [1.29, 1.82) is 0 Å². The van der Waals surface area contributed by atoms with Crippen molar-refractivity contribution < 1.29 is 4.39 Å². The average molecular weight is 275 g/mol. The number of benzene rings is 1. The first-order valence-electron chi connectivity index (χ1n) is 5.79. The van der Waals surface area contributed by atoms with E-state index in [1.807, 2.05) is 30.1 Å². The summed E-state index contributed by atoms with van der Waals surface area (Å²) in [5.74, 6) is -0.405. The van der Waals surface area contributed by atoms with Gasteiger partial charge in [-0.05, 0) is 24.3 Å². The van der Waals surface area contributed by atoms with Gasteiger partial charge in [0.25, 0.3) is 0 Å². The minimum atomic E-state index is -0.405. The van der Waals surface area contributed by atoms with Crippen LogP contribution in [0.15, 0.2) is 42.6 Å². The van der Waals surface area contributed by atoms with Crippen LogP contribution in [0.3, 0.4) is 0 Å². The molecule has 0 amide bonds. The summed E-state index contributed by atoms with van der Waals surface area (Å²) in [5, 5.41) is 0. The maximum atomic E-state index is 13.8. The number of halogens is 1. The normalized spacial score (nSPS) is 10.2. The molecule has 1 heterocycles. The fraction of sp³-hybridized carbons (Fsp3) is 0.143. The molecule has 0 spiro atoms. The number of hydrogen-bond acceptors (Lipinski definition) is 3. The van der Waals surface area contributed by atoms with E-state index in [2.05, 4.69) is 4.98 Å². The second kappa shape index (κ2) is 5.75. The predicted octanol–water partition coefficient (Wildman–Crippen LogP) is 2.49. The van der Waals surface area contributed by atoms with E-state index in [1.165, 1.54) is 6.07 Å². The molecule has 0 radical (unpaired) electrons. The third-order valence-electron chi connectivity index (χ3n) is 2.77. The van der Waals surface area contributed by atoms with E-state index in [4.69, 9.17) is 18.0 Å². The van der Waals surface area contributed by atoms with Crippen LogP contribution in [0.25, 0.3) is 0 Å². The van der Waals surface area contributed by atoms with E-state index in [-0.39, 0.29) is 10.6 Å². The number of anilines is 1. The van der Waals surface area contributed by atoms with Gasteiger partial charge in [-0.1, -0.05) is 24.4 Å². The summed E-state index contributed by atoms with van der Waals surface area (Å²) >= 11 is 4.92. The first-order valence-corrected chi connectivity index (χ1v) is 6.20. The molecule has 0 saturated carbocycles. The molecule has 2 rings (SSSR count). The molecule has 1 aromatic carbocycles. The molecular formula is C14H14FN3S. The highest BCUT2D eigenvalue weighted by Crippen LogP contribution is 2.23. The van der Waals surface area contributed by atoms with E-state index in [9.17, 15) is 4.39 Å². The lowest BCUT2D eigenvalue weighted by atomic mass is 10.1. The van der Waals surface area contributed by atoms with Gasteiger partial charge in [-0.2, -0.15) is 0 Å². The Bertz CT molecular complexity index is 586. The number of pyridine rings is 1. The van der Waals surface area contributed by atoms with Crippen molar-refractivity contribution in [3.63, 3.8) is 0 Å². The van der Waals surface area contributed by atoms with Gasteiger partial charge in [0, 0.05) is 18.9 Å². The molecule has 0 saturated heterocycles. The Morgan fingerprint density at radius 1 is 1.32 bits per heavy atom. The van der Waals surface area contributed by atoms with Crippen LogP contribution in [0, 0.1) is 5.82 Å². The smallest absolute Gasteiger partial charge is 0.135 e. The SMILES string of the molecule is CN(Cc1ccccn1)c1cccc(F)c1C(N)=S. The highest BCUT2D eigenvalue weighted by atomic mass is 32.1. The summed E-state index contributed by atoms with van der Waals surface area (Å²) in [6.45, 7) is 0.555. The van der Waals surface area contributed by atoms with Gasteiger partial charge >= 0.3 is 0 Å². The number of rotatable bonds is 4. The van der Waals surface area contributed by atoms with Crippen LogP contribution in [0.1, 0.15) is 11.3 Å². The van der Waals surface area contributed by atoms with Crippen molar-refractivity contribution in [2.45, 2.75) is 6.54 Å². The topological polar surface area (TPSA) is 42.2 Å².